The first kappa shape index (κ1) is 13.6. The molecule has 4 heteroatoms. The molecule has 1 heterocycles. The van der Waals surface area contributed by atoms with Crippen molar-refractivity contribution in [3.8, 4) is 0 Å². The van der Waals surface area contributed by atoms with E-state index < -0.39 is 0 Å². The molecule has 1 aromatic rings. The molecule has 0 saturated carbocycles. The van der Waals surface area contributed by atoms with E-state index in [1.165, 1.54) is 10.6 Å². The van der Waals surface area contributed by atoms with Crippen molar-refractivity contribution in [1.82, 2.24) is 15.2 Å². The van der Waals surface area contributed by atoms with Gasteiger partial charge in [-0.3, -0.25) is 0 Å². The Kier molecular flexibility index (Phi) is 5.38. The fraction of sp³-hybridized carbons (Fsp3) is 0.750. The fourth-order valence-corrected chi connectivity index (χ4v) is 2.63. The van der Waals surface area contributed by atoms with Crippen LogP contribution in [0.1, 0.15) is 35.5 Å². The molecule has 0 amide bonds. The van der Waals surface area contributed by atoms with Gasteiger partial charge in [-0.1, -0.05) is 6.92 Å². The summed E-state index contributed by atoms with van der Waals surface area (Å²) in [5, 5.41) is 4.71. The Morgan fingerprint density at radius 3 is 2.62 bits per heavy atom. The molecular formula is C12H23N3S. The third-order valence-electron chi connectivity index (χ3n) is 2.82. The normalized spacial score (nSPS) is 13.4. The summed E-state index contributed by atoms with van der Waals surface area (Å²) in [6, 6.07) is 0.413. The molecule has 0 aliphatic heterocycles. The van der Waals surface area contributed by atoms with Crippen LogP contribution in [-0.4, -0.2) is 36.6 Å². The van der Waals surface area contributed by atoms with Crippen molar-refractivity contribution in [3.63, 3.8) is 0 Å². The first-order valence-electron chi connectivity index (χ1n) is 5.90. The number of hydrogen-bond acceptors (Lipinski definition) is 4. The van der Waals surface area contributed by atoms with Gasteiger partial charge >= 0.3 is 0 Å². The molecule has 0 aliphatic rings. The third-order valence-corrected chi connectivity index (χ3v) is 4.07. The molecule has 0 aromatic carbocycles. The molecule has 3 nitrogen and oxygen atoms in total. The van der Waals surface area contributed by atoms with E-state index in [0.717, 1.165) is 24.6 Å². The Hall–Kier alpha value is -0.450. The molecular weight excluding hydrogens is 218 g/mol. The molecule has 0 spiro atoms. The van der Waals surface area contributed by atoms with Gasteiger partial charge in [0.25, 0.3) is 0 Å². The molecule has 0 radical (unpaired) electrons. The van der Waals surface area contributed by atoms with Gasteiger partial charge < -0.3 is 10.2 Å². The Bertz CT molecular complexity index is 322. The first-order valence-corrected chi connectivity index (χ1v) is 6.72. The largest absolute Gasteiger partial charge is 0.308 e. The van der Waals surface area contributed by atoms with Crippen LogP contribution in [0.5, 0.6) is 0 Å². The summed E-state index contributed by atoms with van der Waals surface area (Å²) >= 11 is 1.80. The minimum absolute atomic E-state index is 0.413. The van der Waals surface area contributed by atoms with E-state index in [9.17, 15) is 0 Å². The highest BCUT2D eigenvalue weighted by molar-refractivity contribution is 7.11. The summed E-state index contributed by atoms with van der Waals surface area (Å²) < 4.78 is 0. The maximum absolute atomic E-state index is 4.46. The molecule has 0 fully saturated rings. The number of nitrogens with zero attached hydrogens (tertiary/aromatic N) is 2. The Balaban J connectivity index is 2.40. The van der Waals surface area contributed by atoms with Crippen molar-refractivity contribution in [2.75, 3.05) is 26.7 Å². The number of nitrogens with one attached hydrogen (secondary N) is 1. The maximum Gasteiger partial charge on any atom is 0.0900 e. The van der Waals surface area contributed by atoms with Crippen LogP contribution in [0.2, 0.25) is 0 Å². The van der Waals surface area contributed by atoms with E-state index in [0.29, 0.717) is 6.04 Å². The second-order valence-electron chi connectivity index (χ2n) is 4.25. The highest BCUT2D eigenvalue weighted by atomic mass is 32.1. The van der Waals surface area contributed by atoms with Crippen LogP contribution in [0, 0.1) is 13.8 Å². The van der Waals surface area contributed by atoms with Crippen molar-refractivity contribution < 1.29 is 0 Å². The highest BCUT2D eigenvalue weighted by Crippen LogP contribution is 2.23. The lowest BCUT2D eigenvalue weighted by molar-refractivity contribution is 0.342. The predicted molar refractivity (Wildman–Crippen MR) is 71.2 cm³/mol. The summed E-state index contributed by atoms with van der Waals surface area (Å²) in [7, 11) is 2.15. The molecule has 16 heavy (non-hydrogen) atoms. The Labute approximate surface area is 103 Å². The average molecular weight is 241 g/mol. The number of hydrogen-bond donors (Lipinski definition) is 1. The molecule has 1 aromatic heterocycles. The standard InChI is InChI=1S/C12H23N3S/c1-6-15(5)8-7-13-9(2)12-10(3)14-11(4)16-12/h9,13H,6-8H2,1-5H3. The van der Waals surface area contributed by atoms with Crippen LogP contribution >= 0.6 is 11.3 Å². The van der Waals surface area contributed by atoms with Gasteiger partial charge in [0.05, 0.1) is 10.7 Å². The van der Waals surface area contributed by atoms with Crippen LogP contribution in [0.15, 0.2) is 0 Å². The Morgan fingerprint density at radius 2 is 2.12 bits per heavy atom. The van der Waals surface area contributed by atoms with E-state index in [4.69, 9.17) is 0 Å². The van der Waals surface area contributed by atoms with Gasteiger partial charge in [-0.15, -0.1) is 11.3 Å². The number of likely N-dealkylation sites (N-methyl/N-ethyl adjacent to an activating group) is 1. The molecule has 1 N–H and O–H groups in total. The topological polar surface area (TPSA) is 28.2 Å². The van der Waals surface area contributed by atoms with Crippen molar-refractivity contribution in [2.24, 2.45) is 0 Å². The van der Waals surface area contributed by atoms with Gasteiger partial charge in [-0.25, -0.2) is 4.98 Å². The lowest BCUT2D eigenvalue weighted by Crippen LogP contribution is -2.30. The second kappa shape index (κ2) is 6.33. The maximum atomic E-state index is 4.46. The minimum atomic E-state index is 0.413. The summed E-state index contributed by atoms with van der Waals surface area (Å²) in [5.74, 6) is 0. The quantitative estimate of drug-likeness (QED) is 0.829. The summed E-state index contributed by atoms with van der Waals surface area (Å²) in [4.78, 5) is 8.14. The van der Waals surface area contributed by atoms with Gasteiger partial charge in [-0.05, 0) is 34.4 Å². The predicted octanol–water partition coefficient (Wildman–Crippen LogP) is 2.36. The van der Waals surface area contributed by atoms with Gasteiger partial charge in [0.15, 0.2) is 0 Å². The van der Waals surface area contributed by atoms with Crippen molar-refractivity contribution in [3.05, 3.63) is 15.6 Å². The van der Waals surface area contributed by atoms with Crippen molar-refractivity contribution in [2.45, 2.75) is 33.7 Å². The Morgan fingerprint density at radius 1 is 1.44 bits per heavy atom. The van der Waals surface area contributed by atoms with Crippen molar-refractivity contribution >= 4 is 11.3 Å². The van der Waals surface area contributed by atoms with Crippen LogP contribution in [0.4, 0.5) is 0 Å². The van der Waals surface area contributed by atoms with E-state index in [1.807, 2.05) is 0 Å². The molecule has 0 saturated heterocycles. The molecule has 1 atom stereocenters. The molecule has 1 rings (SSSR count). The zero-order valence-corrected chi connectivity index (χ0v) is 11.8. The van der Waals surface area contributed by atoms with Crippen LogP contribution in [0.25, 0.3) is 0 Å². The monoisotopic (exact) mass is 241 g/mol. The zero-order valence-electron chi connectivity index (χ0n) is 11.0. The number of thiazole rings is 1. The minimum Gasteiger partial charge on any atom is -0.308 e. The van der Waals surface area contributed by atoms with Crippen molar-refractivity contribution in [1.29, 1.82) is 0 Å². The third kappa shape index (κ3) is 3.85. The lowest BCUT2D eigenvalue weighted by atomic mass is 10.2. The molecule has 92 valence electrons. The molecule has 1 unspecified atom stereocenters. The van der Waals surface area contributed by atoms with Gasteiger partial charge in [0.1, 0.15) is 0 Å². The SMILES string of the molecule is CCN(C)CCNC(C)c1sc(C)nc1C. The molecule has 0 bridgehead atoms. The smallest absolute Gasteiger partial charge is 0.0900 e. The second-order valence-corrected chi connectivity index (χ2v) is 5.49. The van der Waals surface area contributed by atoms with E-state index in [2.05, 4.69) is 49.9 Å². The number of aryl methyl sites for hydroxylation is 2. The van der Waals surface area contributed by atoms with Gasteiger partial charge in [0, 0.05) is 24.0 Å². The fourth-order valence-electron chi connectivity index (χ4n) is 1.67. The van der Waals surface area contributed by atoms with Crippen LogP contribution < -0.4 is 5.32 Å². The first-order chi connectivity index (χ1) is 7.54. The zero-order chi connectivity index (χ0) is 12.1. The van der Waals surface area contributed by atoms with Gasteiger partial charge in [0.2, 0.25) is 0 Å². The number of aromatic nitrogens is 1. The van der Waals surface area contributed by atoms with Crippen LogP contribution in [-0.2, 0) is 0 Å². The summed E-state index contributed by atoms with van der Waals surface area (Å²) in [6.45, 7) is 11.8. The molecule has 0 aliphatic carbocycles. The summed E-state index contributed by atoms with van der Waals surface area (Å²) in [5.41, 5.74) is 1.17. The summed E-state index contributed by atoms with van der Waals surface area (Å²) in [6.07, 6.45) is 0. The van der Waals surface area contributed by atoms with E-state index in [1.54, 1.807) is 11.3 Å². The number of rotatable bonds is 6. The van der Waals surface area contributed by atoms with Crippen LogP contribution in [0.3, 0.4) is 0 Å². The van der Waals surface area contributed by atoms with Gasteiger partial charge in [-0.2, -0.15) is 0 Å². The van der Waals surface area contributed by atoms with E-state index >= 15 is 0 Å². The highest BCUT2D eigenvalue weighted by Gasteiger charge is 2.11. The van der Waals surface area contributed by atoms with E-state index in [-0.39, 0.29) is 0 Å². The average Bonchev–Trinajstić information content (AvgIpc) is 2.57. The lowest BCUT2D eigenvalue weighted by Gasteiger charge is -2.17.